The van der Waals surface area contributed by atoms with Crippen LogP contribution in [0.15, 0.2) is 30.5 Å². The number of rotatable bonds is 2. The quantitative estimate of drug-likeness (QED) is 0.815. The lowest BCUT2D eigenvalue weighted by molar-refractivity contribution is -0.140. The van der Waals surface area contributed by atoms with Crippen molar-refractivity contribution in [2.24, 2.45) is 0 Å². The van der Waals surface area contributed by atoms with E-state index >= 15 is 0 Å². The molecule has 0 aliphatic carbocycles. The standard InChI is InChI=1S/C12H13NO2/c1-8-3-4-10-5-6-13(11(10)7-8)9(2)12(14)15/h3-7,9H,1-2H3,(H,14,15). The molecule has 1 unspecified atom stereocenters. The lowest BCUT2D eigenvalue weighted by Crippen LogP contribution is -2.14. The van der Waals surface area contributed by atoms with Crippen LogP contribution in [0.25, 0.3) is 10.9 Å². The molecule has 2 rings (SSSR count). The van der Waals surface area contributed by atoms with Crippen molar-refractivity contribution < 1.29 is 9.90 Å². The van der Waals surface area contributed by atoms with Gasteiger partial charge in [-0.15, -0.1) is 0 Å². The third-order valence-electron chi connectivity index (χ3n) is 2.65. The second kappa shape index (κ2) is 3.42. The molecule has 0 saturated heterocycles. The summed E-state index contributed by atoms with van der Waals surface area (Å²) in [7, 11) is 0. The van der Waals surface area contributed by atoms with Crippen LogP contribution in [-0.2, 0) is 4.79 Å². The summed E-state index contributed by atoms with van der Waals surface area (Å²) in [4.78, 5) is 10.9. The Labute approximate surface area is 87.9 Å². The summed E-state index contributed by atoms with van der Waals surface area (Å²) in [5.74, 6) is -0.811. The van der Waals surface area contributed by atoms with Crippen LogP contribution in [0, 0.1) is 6.92 Å². The molecule has 2 aromatic rings. The lowest BCUT2D eigenvalue weighted by atomic mass is 10.2. The molecular formula is C12H13NO2. The minimum absolute atomic E-state index is 0.524. The minimum atomic E-state index is -0.811. The van der Waals surface area contributed by atoms with Gasteiger partial charge in [-0.1, -0.05) is 12.1 Å². The van der Waals surface area contributed by atoms with Crippen LogP contribution in [-0.4, -0.2) is 15.6 Å². The van der Waals surface area contributed by atoms with Crippen molar-refractivity contribution in [3.05, 3.63) is 36.0 Å². The average Bonchev–Trinajstić information content (AvgIpc) is 2.59. The van der Waals surface area contributed by atoms with Gasteiger partial charge in [0, 0.05) is 11.7 Å². The maximum Gasteiger partial charge on any atom is 0.326 e. The number of nitrogens with zero attached hydrogens (tertiary/aromatic N) is 1. The van der Waals surface area contributed by atoms with Crippen LogP contribution >= 0.6 is 0 Å². The van der Waals surface area contributed by atoms with Crippen LogP contribution in [0.2, 0.25) is 0 Å². The summed E-state index contributed by atoms with van der Waals surface area (Å²) in [6.45, 7) is 3.69. The summed E-state index contributed by atoms with van der Waals surface area (Å²) in [6.07, 6.45) is 1.82. The van der Waals surface area contributed by atoms with Crippen molar-refractivity contribution >= 4 is 16.9 Å². The zero-order valence-corrected chi connectivity index (χ0v) is 8.77. The van der Waals surface area contributed by atoms with Crippen molar-refractivity contribution in [1.29, 1.82) is 0 Å². The third-order valence-corrected chi connectivity index (χ3v) is 2.65. The summed E-state index contributed by atoms with van der Waals surface area (Å²) < 4.78 is 1.78. The number of carboxylic acids is 1. The van der Waals surface area contributed by atoms with Crippen molar-refractivity contribution in [2.45, 2.75) is 19.9 Å². The molecule has 0 fully saturated rings. The Balaban J connectivity index is 2.61. The first kappa shape index (κ1) is 9.77. The highest BCUT2D eigenvalue weighted by molar-refractivity contribution is 5.83. The van der Waals surface area contributed by atoms with Crippen LogP contribution in [0.4, 0.5) is 0 Å². The molecule has 1 aromatic heterocycles. The monoisotopic (exact) mass is 203 g/mol. The van der Waals surface area contributed by atoms with Gasteiger partial charge in [0.25, 0.3) is 0 Å². The molecule has 1 heterocycles. The molecule has 0 bridgehead atoms. The maximum absolute atomic E-state index is 10.9. The van der Waals surface area contributed by atoms with Gasteiger partial charge in [0.1, 0.15) is 6.04 Å². The highest BCUT2D eigenvalue weighted by atomic mass is 16.4. The normalized spacial score (nSPS) is 12.9. The van der Waals surface area contributed by atoms with E-state index in [1.165, 1.54) is 0 Å². The molecule has 0 spiro atoms. The summed E-state index contributed by atoms with van der Waals surface area (Å²) in [5.41, 5.74) is 2.12. The Kier molecular flexibility index (Phi) is 2.23. The Morgan fingerprint density at radius 2 is 2.13 bits per heavy atom. The first-order chi connectivity index (χ1) is 7.09. The third kappa shape index (κ3) is 1.61. The van der Waals surface area contributed by atoms with E-state index in [0.29, 0.717) is 0 Å². The number of aliphatic carboxylic acids is 1. The Bertz CT molecular complexity index is 513. The fourth-order valence-electron chi connectivity index (χ4n) is 1.72. The SMILES string of the molecule is Cc1ccc2ccn(C(C)C(=O)O)c2c1. The van der Waals surface area contributed by atoms with Crippen molar-refractivity contribution in [3.8, 4) is 0 Å². The topological polar surface area (TPSA) is 42.2 Å². The minimum Gasteiger partial charge on any atom is -0.480 e. The van der Waals surface area contributed by atoms with Gasteiger partial charge >= 0.3 is 5.97 Å². The van der Waals surface area contributed by atoms with Gasteiger partial charge in [0.2, 0.25) is 0 Å². The number of carboxylic acid groups (broad SMARTS) is 1. The largest absolute Gasteiger partial charge is 0.480 e. The molecule has 0 aliphatic rings. The van der Waals surface area contributed by atoms with Gasteiger partial charge in [0.15, 0.2) is 0 Å². The van der Waals surface area contributed by atoms with Crippen molar-refractivity contribution in [1.82, 2.24) is 4.57 Å². The van der Waals surface area contributed by atoms with Crippen LogP contribution in [0.5, 0.6) is 0 Å². The van der Waals surface area contributed by atoms with Gasteiger partial charge < -0.3 is 9.67 Å². The number of hydrogen-bond acceptors (Lipinski definition) is 1. The van der Waals surface area contributed by atoms with E-state index in [1.807, 2.05) is 37.4 Å². The first-order valence-corrected chi connectivity index (χ1v) is 4.89. The zero-order valence-electron chi connectivity index (χ0n) is 8.77. The highest BCUT2D eigenvalue weighted by Gasteiger charge is 2.14. The van der Waals surface area contributed by atoms with E-state index in [0.717, 1.165) is 16.5 Å². The molecule has 3 nitrogen and oxygen atoms in total. The second-order valence-corrected chi connectivity index (χ2v) is 3.80. The Morgan fingerprint density at radius 1 is 1.40 bits per heavy atom. The molecule has 78 valence electrons. The lowest BCUT2D eigenvalue weighted by Gasteiger charge is -2.10. The Hall–Kier alpha value is -1.77. The first-order valence-electron chi connectivity index (χ1n) is 4.89. The fourth-order valence-corrected chi connectivity index (χ4v) is 1.72. The van der Waals surface area contributed by atoms with Gasteiger partial charge in [-0.3, -0.25) is 0 Å². The number of aromatic nitrogens is 1. The summed E-state index contributed by atoms with van der Waals surface area (Å²) in [5, 5.41) is 10.0. The van der Waals surface area contributed by atoms with E-state index in [9.17, 15) is 4.79 Å². The number of fused-ring (bicyclic) bond motifs is 1. The van der Waals surface area contributed by atoms with Gasteiger partial charge in [-0.25, -0.2) is 4.79 Å². The second-order valence-electron chi connectivity index (χ2n) is 3.80. The molecule has 0 saturated carbocycles. The summed E-state index contributed by atoms with van der Waals surface area (Å²) in [6, 6.07) is 7.46. The van der Waals surface area contributed by atoms with Crippen molar-refractivity contribution in [3.63, 3.8) is 0 Å². The van der Waals surface area contributed by atoms with E-state index in [2.05, 4.69) is 0 Å². The molecule has 15 heavy (non-hydrogen) atoms. The molecule has 1 N–H and O–H groups in total. The molecule has 0 amide bonds. The van der Waals surface area contributed by atoms with Crippen molar-refractivity contribution in [2.75, 3.05) is 0 Å². The smallest absolute Gasteiger partial charge is 0.326 e. The van der Waals surface area contributed by atoms with E-state index in [-0.39, 0.29) is 0 Å². The molecule has 1 aromatic carbocycles. The molecular weight excluding hydrogens is 190 g/mol. The molecule has 0 radical (unpaired) electrons. The molecule has 3 heteroatoms. The summed E-state index contributed by atoms with van der Waals surface area (Å²) >= 11 is 0. The number of hydrogen-bond donors (Lipinski definition) is 1. The highest BCUT2D eigenvalue weighted by Crippen LogP contribution is 2.21. The van der Waals surface area contributed by atoms with E-state index < -0.39 is 12.0 Å². The van der Waals surface area contributed by atoms with Crippen LogP contribution in [0.1, 0.15) is 18.5 Å². The number of carbonyl (C=O) groups is 1. The molecule has 1 atom stereocenters. The van der Waals surface area contributed by atoms with Crippen LogP contribution < -0.4 is 0 Å². The maximum atomic E-state index is 10.9. The van der Waals surface area contributed by atoms with Crippen LogP contribution in [0.3, 0.4) is 0 Å². The zero-order chi connectivity index (χ0) is 11.0. The fraction of sp³-hybridized carbons (Fsp3) is 0.250. The number of aryl methyl sites for hydroxylation is 1. The predicted molar refractivity (Wildman–Crippen MR) is 59.0 cm³/mol. The molecule has 0 aliphatic heterocycles. The van der Waals surface area contributed by atoms with E-state index in [4.69, 9.17) is 5.11 Å². The van der Waals surface area contributed by atoms with Gasteiger partial charge in [-0.05, 0) is 36.9 Å². The Morgan fingerprint density at radius 3 is 2.80 bits per heavy atom. The van der Waals surface area contributed by atoms with Gasteiger partial charge in [0.05, 0.1) is 0 Å². The average molecular weight is 203 g/mol. The van der Waals surface area contributed by atoms with Gasteiger partial charge in [-0.2, -0.15) is 0 Å². The number of benzene rings is 1. The predicted octanol–water partition coefficient (Wildman–Crippen LogP) is 2.60. The van der Waals surface area contributed by atoms with E-state index in [1.54, 1.807) is 11.5 Å².